The summed E-state index contributed by atoms with van der Waals surface area (Å²) >= 11 is 0. The Hall–Kier alpha value is -1.13. The van der Waals surface area contributed by atoms with Gasteiger partial charge in [0.05, 0.1) is 13.2 Å². The number of ether oxygens (including phenoxy) is 3. The quantitative estimate of drug-likeness (QED) is 0.389. The molecule has 4 heteroatoms. The Kier molecular flexibility index (Phi) is 5.38. The third-order valence-corrected chi connectivity index (χ3v) is 2.62. The van der Waals surface area contributed by atoms with E-state index < -0.39 is 11.9 Å². The molecule has 1 saturated heterocycles. The fourth-order valence-electron chi connectivity index (χ4n) is 1.87. The fourth-order valence-corrected chi connectivity index (χ4v) is 1.87. The van der Waals surface area contributed by atoms with Crippen molar-refractivity contribution >= 4 is 5.97 Å². The van der Waals surface area contributed by atoms with Crippen LogP contribution in [0.25, 0.3) is 0 Å². The zero-order chi connectivity index (χ0) is 12.7. The third-order valence-electron chi connectivity index (χ3n) is 2.62. The smallest absolute Gasteiger partial charge is 0.303 e. The monoisotopic (exact) mass is 240 g/mol. The summed E-state index contributed by atoms with van der Waals surface area (Å²) in [6.45, 7) is 9.78. The Morgan fingerprint density at radius 1 is 1.59 bits per heavy atom. The van der Waals surface area contributed by atoms with Crippen molar-refractivity contribution in [1.82, 2.24) is 0 Å². The van der Waals surface area contributed by atoms with Crippen LogP contribution < -0.4 is 0 Å². The summed E-state index contributed by atoms with van der Waals surface area (Å²) in [6.07, 6.45) is 5.09. The molecule has 2 atom stereocenters. The average molecular weight is 240 g/mol. The fraction of sp³-hybridized carbons (Fsp3) is 0.615. The van der Waals surface area contributed by atoms with Gasteiger partial charge in [0.25, 0.3) is 0 Å². The van der Waals surface area contributed by atoms with E-state index in [0.29, 0.717) is 19.6 Å². The topological polar surface area (TPSA) is 44.8 Å². The molecule has 0 amide bonds. The first-order valence-corrected chi connectivity index (χ1v) is 5.83. The molecule has 0 aromatic carbocycles. The van der Waals surface area contributed by atoms with Crippen LogP contribution in [0.4, 0.5) is 0 Å². The lowest BCUT2D eigenvalue weighted by molar-refractivity contribution is -0.254. The van der Waals surface area contributed by atoms with E-state index in [0.717, 1.165) is 12.8 Å². The highest BCUT2D eigenvalue weighted by Gasteiger charge is 2.44. The van der Waals surface area contributed by atoms with Crippen LogP contribution >= 0.6 is 0 Å². The molecule has 0 radical (unpaired) electrons. The summed E-state index contributed by atoms with van der Waals surface area (Å²) in [4.78, 5) is 11.0. The van der Waals surface area contributed by atoms with Crippen molar-refractivity contribution in [1.29, 1.82) is 0 Å². The van der Waals surface area contributed by atoms with Gasteiger partial charge in [0, 0.05) is 13.3 Å². The summed E-state index contributed by atoms with van der Waals surface area (Å²) in [5.41, 5.74) is 0. The molecule has 0 bridgehead atoms. The lowest BCUT2D eigenvalue weighted by atomic mass is 10.1. The third kappa shape index (κ3) is 3.68. The van der Waals surface area contributed by atoms with Crippen molar-refractivity contribution < 1.29 is 19.0 Å². The number of esters is 1. The van der Waals surface area contributed by atoms with Crippen molar-refractivity contribution in [2.75, 3.05) is 13.2 Å². The first-order chi connectivity index (χ1) is 8.14. The van der Waals surface area contributed by atoms with Gasteiger partial charge in [0.1, 0.15) is 0 Å². The van der Waals surface area contributed by atoms with Crippen LogP contribution in [0.5, 0.6) is 0 Å². The standard InChI is InChI=1S/C13H20O4/c1-4-6-9-15-13(8-7-10-16-13)12(5-2)17-11(3)14/h4-5,12H,1-2,6-10H2,3H3/t12?,13-/m1/s1. The molecule has 0 saturated carbocycles. The minimum atomic E-state index is -0.865. The Labute approximate surface area is 102 Å². The highest BCUT2D eigenvalue weighted by atomic mass is 16.7. The predicted molar refractivity (Wildman–Crippen MR) is 64.4 cm³/mol. The summed E-state index contributed by atoms with van der Waals surface area (Å²) in [5, 5.41) is 0. The van der Waals surface area contributed by atoms with Crippen LogP contribution in [-0.2, 0) is 19.0 Å². The van der Waals surface area contributed by atoms with Crippen molar-refractivity contribution in [2.24, 2.45) is 0 Å². The van der Waals surface area contributed by atoms with Crippen molar-refractivity contribution in [2.45, 2.75) is 38.1 Å². The van der Waals surface area contributed by atoms with Gasteiger partial charge < -0.3 is 14.2 Å². The van der Waals surface area contributed by atoms with E-state index in [1.165, 1.54) is 6.92 Å². The summed E-state index contributed by atoms with van der Waals surface area (Å²) in [6, 6.07) is 0. The van der Waals surface area contributed by atoms with E-state index in [9.17, 15) is 4.79 Å². The maximum absolute atomic E-state index is 11.0. The molecule has 0 spiro atoms. The molecule has 0 aromatic heterocycles. The second-order valence-corrected chi connectivity index (χ2v) is 3.96. The van der Waals surface area contributed by atoms with Gasteiger partial charge in [-0.2, -0.15) is 0 Å². The Balaban J connectivity index is 2.69. The van der Waals surface area contributed by atoms with Gasteiger partial charge in [-0.05, 0) is 18.9 Å². The lowest BCUT2D eigenvalue weighted by Crippen LogP contribution is -2.45. The van der Waals surface area contributed by atoms with E-state index in [1.807, 2.05) is 0 Å². The molecule has 0 aliphatic carbocycles. The van der Waals surface area contributed by atoms with Crippen molar-refractivity contribution in [3.05, 3.63) is 25.3 Å². The molecule has 4 nitrogen and oxygen atoms in total. The van der Waals surface area contributed by atoms with E-state index in [-0.39, 0.29) is 5.97 Å². The first kappa shape index (κ1) is 13.9. The molecule has 1 unspecified atom stereocenters. The Bertz CT molecular complexity index is 279. The molecule has 1 heterocycles. The zero-order valence-electron chi connectivity index (χ0n) is 10.3. The van der Waals surface area contributed by atoms with Crippen LogP contribution in [0.3, 0.4) is 0 Å². The second-order valence-electron chi connectivity index (χ2n) is 3.96. The van der Waals surface area contributed by atoms with Crippen LogP contribution in [0.15, 0.2) is 25.3 Å². The molecule has 17 heavy (non-hydrogen) atoms. The number of hydrogen-bond donors (Lipinski definition) is 0. The average Bonchev–Trinajstić information content (AvgIpc) is 2.76. The van der Waals surface area contributed by atoms with E-state index in [4.69, 9.17) is 14.2 Å². The molecule has 1 fully saturated rings. The highest BCUT2D eigenvalue weighted by molar-refractivity contribution is 5.66. The summed E-state index contributed by atoms with van der Waals surface area (Å²) in [7, 11) is 0. The molecule has 1 aliphatic heterocycles. The molecule has 96 valence electrons. The largest absolute Gasteiger partial charge is 0.453 e. The number of rotatable bonds is 7. The predicted octanol–water partition coefficient (Wildman–Crippen LogP) is 2.20. The number of carbonyl (C=O) groups is 1. The normalized spacial score (nSPS) is 25.2. The Morgan fingerprint density at radius 2 is 2.35 bits per heavy atom. The van der Waals surface area contributed by atoms with E-state index >= 15 is 0 Å². The Morgan fingerprint density at radius 3 is 2.82 bits per heavy atom. The van der Waals surface area contributed by atoms with Gasteiger partial charge in [-0.1, -0.05) is 12.7 Å². The minimum Gasteiger partial charge on any atom is -0.453 e. The van der Waals surface area contributed by atoms with Crippen LogP contribution in [0.2, 0.25) is 0 Å². The van der Waals surface area contributed by atoms with Gasteiger partial charge >= 0.3 is 5.97 Å². The van der Waals surface area contributed by atoms with Crippen molar-refractivity contribution in [3.8, 4) is 0 Å². The van der Waals surface area contributed by atoms with E-state index in [1.54, 1.807) is 12.2 Å². The number of carbonyl (C=O) groups excluding carboxylic acids is 1. The molecule has 0 N–H and O–H groups in total. The molecule has 1 rings (SSSR count). The minimum absolute atomic E-state index is 0.364. The van der Waals surface area contributed by atoms with Crippen molar-refractivity contribution in [3.63, 3.8) is 0 Å². The maximum atomic E-state index is 11.0. The number of hydrogen-bond acceptors (Lipinski definition) is 4. The van der Waals surface area contributed by atoms with Crippen LogP contribution in [-0.4, -0.2) is 31.1 Å². The molecular formula is C13H20O4. The first-order valence-electron chi connectivity index (χ1n) is 5.83. The van der Waals surface area contributed by atoms with Gasteiger partial charge in [-0.25, -0.2) is 0 Å². The van der Waals surface area contributed by atoms with Gasteiger partial charge in [0.2, 0.25) is 5.79 Å². The SMILES string of the molecule is C=CCCO[C@]1(C(C=C)OC(C)=O)CCCO1. The van der Waals surface area contributed by atoms with Crippen LogP contribution in [0.1, 0.15) is 26.2 Å². The molecule has 1 aliphatic rings. The van der Waals surface area contributed by atoms with Gasteiger partial charge in [-0.3, -0.25) is 4.79 Å². The van der Waals surface area contributed by atoms with Gasteiger partial charge in [0.15, 0.2) is 6.10 Å². The van der Waals surface area contributed by atoms with E-state index in [2.05, 4.69) is 13.2 Å². The summed E-state index contributed by atoms with van der Waals surface area (Å²) in [5.74, 6) is -1.23. The second kappa shape index (κ2) is 6.57. The molecule has 0 aromatic rings. The summed E-state index contributed by atoms with van der Waals surface area (Å²) < 4.78 is 16.6. The molecular weight excluding hydrogens is 220 g/mol. The highest BCUT2D eigenvalue weighted by Crippen LogP contribution is 2.33. The van der Waals surface area contributed by atoms with Gasteiger partial charge in [-0.15, -0.1) is 6.58 Å². The zero-order valence-corrected chi connectivity index (χ0v) is 10.3. The lowest BCUT2D eigenvalue weighted by Gasteiger charge is -2.33. The maximum Gasteiger partial charge on any atom is 0.303 e. The van der Waals surface area contributed by atoms with Crippen LogP contribution in [0, 0.1) is 0 Å².